The van der Waals surface area contributed by atoms with Crippen LogP contribution in [0.25, 0.3) is 0 Å². The molecule has 0 aliphatic carbocycles. The predicted octanol–water partition coefficient (Wildman–Crippen LogP) is 2.01. The highest BCUT2D eigenvalue weighted by molar-refractivity contribution is 7.80. The van der Waals surface area contributed by atoms with Crippen molar-refractivity contribution in [3.05, 3.63) is 48.4 Å². The Morgan fingerprint density at radius 1 is 1.20 bits per heavy atom. The molecule has 0 saturated heterocycles. The summed E-state index contributed by atoms with van der Waals surface area (Å²) in [5.74, 6) is 1.51. The average molecular weight is 288 g/mol. The number of nitrogens with zero attached hydrogens (tertiary/aromatic N) is 2. The first-order valence-electron chi connectivity index (χ1n) is 6.23. The van der Waals surface area contributed by atoms with Gasteiger partial charge in [0.15, 0.2) is 5.11 Å². The zero-order chi connectivity index (χ0) is 14.2. The van der Waals surface area contributed by atoms with Gasteiger partial charge in [-0.2, -0.15) is 0 Å². The third-order valence-corrected chi connectivity index (χ3v) is 2.87. The number of ether oxygens (including phenoxy) is 1. The van der Waals surface area contributed by atoms with Gasteiger partial charge in [-0.25, -0.2) is 4.98 Å². The van der Waals surface area contributed by atoms with Crippen LogP contribution in [0.2, 0.25) is 0 Å². The molecule has 0 fully saturated rings. The summed E-state index contributed by atoms with van der Waals surface area (Å²) in [5, 5.41) is 6.67. The predicted molar refractivity (Wildman–Crippen MR) is 83.0 cm³/mol. The van der Waals surface area contributed by atoms with E-state index in [1.165, 1.54) is 0 Å². The molecular weight excluding hydrogens is 272 g/mol. The smallest absolute Gasteiger partial charge is 0.171 e. The molecule has 5 nitrogen and oxygen atoms in total. The molecule has 2 N–H and O–H groups in total. The number of hydrogen-bond acceptors (Lipinski definition) is 4. The zero-order valence-electron chi connectivity index (χ0n) is 11.2. The van der Waals surface area contributed by atoms with E-state index in [1.807, 2.05) is 30.3 Å². The summed E-state index contributed by atoms with van der Waals surface area (Å²) in [6, 6.07) is 9.36. The number of anilines is 1. The maximum atomic E-state index is 5.25. The van der Waals surface area contributed by atoms with Crippen LogP contribution in [0.4, 0.5) is 5.82 Å². The highest BCUT2D eigenvalue weighted by Crippen LogP contribution is 2.14. The van der Waals surface area contributed by atoms with Crippen LogP contribution in [0.1, 0.15) is 5.69 Å². The molecule has 0 amide bonds. The molecule has 2 aromatic rings. The highest BCUT2D eigenvalue weighted by Gasteiger charge is 2.03. The third-order valence-electron chi connectivity index (χ3n) is 2.62. The van der Waals surface area contributed by atoms with Crippen molar-refractivity contribution in [1.82, 2.24) is 15.3 Å². The molecule has 0 aliphatic heterocycles. The van der Waals surface area contributed by atoms with Crippen molar-refractivity contribution in [2.45, 2.75) is 6.42 Å². The Bertz CT molecular complexity index is 562. The summed E-state index contributed by atoms with van der Waals surface area (Å²) in [6.45, 7) is 0.673. The lowest BCUT2D eigenvalue weighted by molar-refractivity contribution is 0.406. The molecule has 0 radical (unpaired) electrons. The fraction of sp³-hybridized carbons (Fsp3) is 0.214. The standard InChI is InChI=1S/C14H16N4OS/c1-19-12-5-4-9-15-11(12)7-10-17-14(20)18-13-6-2-3-8-16-13/h2-6,8-9H,7,10H2,1H3,(H2,16,17,18,20). The molecule has 0 unspecified atom stereocenters. The quantitative estimate of drug-likeness (QED) is 0.821. The molecule has 0 spiro atoms. The van der Waals surface area contributed by atoms with Crippen molar-refractivity contribution in [2.24, 2.45) is 0 Å². The second kappa shape index (κ2) is 7.40. The molecule has 0 bridgehead atoms. The van der Waals surface area contributed by atoms with Crippen LogP contribution in [0, 0.1) is 0 Å². The first kappa shape index (κ1) is 14.2. The summed E-state index contributed by atoms with van der Waals surface area (Å²) < 4.78 is 5.25. The Kier molecular flexibility index (Phi) is 5.25. The third kappa shape index (κ3) is 4.17. The lowest BCUT2D eigenvalue weighted by Crippen LogP contribution is -2.30. The summed E-state index contributed by atoms with van der Waals surface area (Å²) in [7, 11) is 1.64. The van der Waals surface area contributed by atoms with Crippen molar-refractivity contribution in [1.29, 1.82) is 0 Å². The van der Waals surface area contributed by atoms with E-state index in [9.17, 15) is 0 Å². The van der Waals surface area contributed by atoms with E-state index >= 15 is 0 Å². The van der Waals surface area contributed by atoms with Crippen LogP contribution in [0.15, 0.2) is 42.7 Å². The van der Waals surface area contributed by atoms with Gasteiger partial charge in [0, 0.05) is 25.4 Å². The lowest BCUT2D eigenvalue weighted by atomic mass is 10.2. The molecule has 104 valence electrons. The largest absolute Gasteiger partial charge is 0.495 e. The van der Waals surface area contributed by atoms with E-state index in [0.29, 0.717) is 11.7 Å². The minimum atomic E-state index is 0.540. The summed E-state index contributed by atoms with van der Waals surface area (Å²) >= 11 is 5.20. The molecule has 0 aliphatic rings. The SMILES string of the molecule is COc1cccnc1CCNC(=S)Nc1ccccn1. The Hall–Kier alpha value is -2.21. The number of nitrogens with one attached hydrogen (secondary N) is 2. The van der Waals surface area contributed by atoms with Gasteiger partial charge in [-0.05, 0) is 36.5 Å². The average Bonchev–Trinajstić information content (AvgIpc) is 2.49. The van der Waals surface area contributed by atoms with Gasteiger partial charge < -0.3 is 15.4 Å². The molecule has 2 aromatic heterocycles. The maximum absolute atomic E-state index is 5.25. The van der Waals surface area contributed by atoms with Crippen LogP contribution in [0.3, 0.4) is 0 Å². The van der Waals surface area contributed by atoms with Crippen molar-refractivity contribution in [3.63, 3.8) is 0 Å². The van der Waals surface area contributed by atoms with E-state index in [1.54, 1.807) is 19.5 Å². The molecule has 6 heteroatoms. The van der Waals surface area contributed by atoms with Gasteiger partial charge >= 0.3 is 0 Å². The van der Waals surface area contributed by atoms with Gasteiger partial charge in [-0.1, -0.05) is 6.07 Å². The van der Waals surface area contributed by atoms with E-state index in [2.05, 4.69) is 20.6 Å². The van der Waals surface area contributed by atoms with E-state index in [4.69, 9.17) is 17.0 Å². The lowest BCUT2D eigenvalue weighted by Gasteiger charge is -2.10. The fourth-order valence-corrected chi connectivity index (χ4v) is 1.90. The summed E-state index contributed by atoms with van der Waals surface area (Å²) in [6.07, 6.45) is 4.19. The molecular formula is C14H16N4OS. The van der Waals surface area contributed by atoms with Crippen molar-refractivity contribution in [3.8, 4) is 5.75 Å². The maximum Gasteiger partial charge on any atom is 0.171 e. The Labute approximate surface area is 123 Å². The first-order valence-corrected chi connectivity index (χ1v) is 6.64. The van der Waals surface area contributed by atoms with E-state index in [0.717, 1.165) is 23.7 Å². The summed E-state index contributed by atoms with van der Waals surface area (Å²) in [4.78, 5) is 8.43. The van der Waals surface area contributed by atoms with Gasteiger partial charge in [0.1, 0.15) is 11.6 Å². The number of rotatable bonds is 5. The second-order valence-electron chi connectivity index (χ2n) is 4.00. The van der Waals surface area contributed by atoms with Crippen molar-refractivity contribution < 1.29 is 4.74 Å². The minimum absolute atomic E-state index is 0.540. The normalized spacial score (nSPS) is 9.85. The Morgan fingerprint density at radius 2 is 2.05 bits per heavy atom. The highest BCUT2D eigenvalue weighted by atomic mass is 32.1. The molecule has 20 heavy (non-hydrogen) atoms. The van der Waals surface area contributed by atoms with Crippen LogP contribution in [0.5, 0.6) is 5.75 Å². The van der Waals surface area contributed by atoms with Crippen LogP contribution in [-0.2, 0) is 6.42 Å². The topological polar surface area (TPSA) is 59.1 Å². The van der Waals surface area contributed by atoms with Gasteiger partial charge in [0.25, 0.3) is 0 Å². The van der Waals surface area contributed by atoms with Gasteiger partial charge in [0.2, 0.25) is 0 Å². The molecule has 0 saturated carbocycles. The zero-order valence-corrected chi connectivity index (χ0v) is 12.0. The second-order valence-corrected chi connectivity index (χ2v) is 4.41. The van der Waals surface area contributed by atoms with Crippen molar-refractivity contribution in [2.75, 3.05) is 19.0 Å². The fourth-order valence-electron chi connectivity index (χ4n) is 1.69. The Morgan fingerprint density at radius 3 is 2.80 bits per heavy atom. The molecule has 0 atom stereocenters. The summed E-state index contributed by atoms with van der Waals surface area (Å²) in [5.41, 5.74) is 0.906. The molecule has 2 rings (SSSR count). The molecule has 2 heterocycles. The number of methoxy groups -OCH3 is 1. The van der Waals surface area contributed by atoms with Crippen LogP contribution in [-0.4, -0.2) is 28.7 Å². The molecule has 0 aromatic carbocycles. The van der Waals surface area contributed by atoms with Crippen molar-refractivity contribution >= 4 is 23.1 Å². The van der Waals surface area contributed by atoms with Gasteiger partial charge in [-0.3, -0.25) is 4.98 Å². The van der Waals surface area contributed by atoms with Gasteiger partial charge in [0.05, 0.1) is 12.8 Å². The van der Waals surface area contributed by atoms with Crippen LogP contribution < -0.4 is 15.4 Å². The van der Waals surface area contributed by atoms with E-state index in [-0.39, 0.29) is 0 Å². The number of thiocarbonyl (C=S) groups is 1. The monoisotopic (exact) mass is 288 g/mol. The van der Waals surface area contributed by atoms with E-state index < -0.39 is 0 Å². The number of hydrogen-bond donors (Lipinski definition) is 2. The Balaban J connectivity index is 1.79. The minimum Gasteiger partial charge on any atom is -0.495 e. The first-order chi connectivity index (χ1) is 9.79. The van der Waals surface area contributed by atoms with Crippen LogP contribution >= 0.6 is 12.2 Å². The van der Waals surface area contributed by atoms with Gasteiger partial charge in [-0.15, -0.1) is 0 Å². The number of aromatic nitrogens is 2. The number of pyridine rings is 2.